The van der Waals surface area contributed by atoms with E-state index in [1.165, 1.54) is 0 Å². The van der Waals surface area contributed by atoms with Crippen molar-refractivity contribution >= 4 is 0 Å². The molecule has 3 heteroatoms. The van der Waals surface area contributed by atoms with Crippen LogP contribution in [0.4, 0.5) is 0 Å². The Bertz CT molecular complexity index is 274. The molecule has 2 unspecified atom stereocenters. The van der Waals surface area contributed by atoms with Crippen LogP contribution in [0.2, 0.25) is 0 Å². The number of hydrogen-bond donors (Lipinski definition) is 1. The highest BCUT2D eigenvalue weighted by molar-refractivity contribution is 4.89. The molecule has 1 fully saturated rings. The van der Waals surface area contributed by atoms with Gasteiger partial charge in [0.1, 0.15) is 6.10 Å². The Morgan fingerprint density at radius 2 is 2.11 bits per heavy atom. The fourth-order valence-electron chi connectivity index (χ4n) is 2.98. The molecule has 2 atom stereocenters. The Morgan fingerprint density at radius 1 is 1.28 bits per heavy atom. The Kier molecular flexibility index (Phi) is 5.07. The van der Waals surface area contributed by atoms with E-state index < -0.39 is 0 Å². The van der Waals surface area contributed by atoms with Crippen LogP contribution >= 0.6 is 0 Å². The van der Waals surface area contributed by atoms with Crippen molar-refractivity contribution in [1.82, 2.24) is 5.32 Å². The highest BCUT2D eigenvalue weighted by Crippen LogP contribution is 2.31. The highest BCUT2D eigenvalue weighted by Gasteiger charge is 2.34. The molecule has 0 bridgehead atoms. The number of allylic oxidation sites excluding steroid dienone is 1. The van der Waals surface area contributed by atoms with E-state index in [-0.39, 0.29) is 5.60 Å². The summed E-state index contributed by atoms with van der Waals surface area (Å²) in [7, 11) is 0. The molecule has 0 aromatic rings. The van der Waals surface area contributed by atoms with Crippen molar-refractivity contribution < 1.29 is 9.47 Å². The van der Waals surface area contributed by atoms with Gasteiger partial charge in [0.15, 0.2) is 0 Å². The molecule has 3 nitrogen and oxygen atoms in total. The van der Waals surface area contributed by atoms with Crippen LogP contribution in [0.1, 0.15) is 52.4 Å². The van der Waals surface area contributed by atoms with Gasteiger partial charge in [-0.3, -0.25) is 0 Å². The second kappa shape index (κ2) is 6.58. The first kappa shape index (κ1) is 13.9. The maximum absolute atomic E-state index is 6.00. The van der Waals surface area contributed by atoms with Gasteiger partial charge in [0.25, 0.3) is 0 Å². The Balaban J connectivity index is 1.77. The maximum Gasteiger partial charge on any atom is 0.110 e. The molecule has 0 aromatic carbocycles. The van der Waals surface area contributed by atoms with Crippen LogP contribution in [-0.2, 0) is 9.47 Å². The van der Waals surface area contributed by atoms with Gasteiger partial charge < -0.3 is 14.8 Å². The molecular formula is C15H27NO2. The van der Waals surface area contributed by atoms with E-state index in [4.69, 9.17) is 9.47 Å². The van der Waals surface area contributed by atoms with Gasteiger partial charge in [0.05, 0.1) is 11.9 Å². The first-order valence-electron chi connectivity index (χ1n) is 7.46. The predicted octanol–water partition coefficient (Wildman–Crippen LogP) is 3.01. The Hall–Kier alpha value is -0.540. The third-order valence-corrected chi connectivity index (χ3v) is 4.44. The summed E-state index contributed by atoms with van der Waals surface area (Å²) in [5.74, 6) is 0. The molecule has 0 amide bonds. The molecular weight excluding hydrogens is 226 g/mol. The van der Waals surface area contributed by atoms with Crippen LogP contribution in [0, 0.1) is 0 Å². The molecule has 1 saturated heterocycles. The molecule has 18 heavy (non-hydrogen) atoms. The normalized spacial score (nSPS) is 31.0. The fourth-order valence-corrected chi connectivity index (χ4v) is 2.98. The minimum Gasteiger partial charge on any atom is -0.497 e. The van der Waals surface area contributed by atoms with E-state index in [0.29, 0.717) is 12.1 Å². The van der Waals surface area contributed by atoms with E-state index in [1.807, 2.05) is 6.26 Å². The number of hydrogen-bond acceptors (Lipinski definition) is 3. The van der Waals surface area contributed by atoms with Crippen LogP contribution in [0.5, 0.6) is 0 Å². The summed E-state index contributed by atoms with van der Waals surface area (Å²) >= 11 is 0. The Labute approximate surface area is 111 Å². The van der Waals surface area contributed by atoms with Crippen molar-refractivity contribution in [3.63, 3.8) is 0 Å². The minimum absolute atomic E-state index is 0.114. The lowest BCUT2D eigenvalue weighted by molar-refractivity contribution is -0.0938. The zero-order valence-corrected chi connectivity index (χ0v) is 11.8. The predicted molar refractivity (Wildman–Crippen MR) is 73.5 cm³/mol. The number of ether oxygens (including phenoxy) is 2. The molecule has 0 aliphatic carbocycles. The van der Waals surface area contributed by atoms with Crippen LogP contribution in [0.25, 0.3) is 0 Å². The zero-order valence-electron chi connectivity index (χ0n) is 11.8. The van der Waals surface area contributed by atoms with Crippen LogP contribution < -0.4 is 5.32 Å². The van der Waals surface area contributed by atoms with Crippen LogP contribution in [0.15, 0.2) is 12.3 Å². The molecule has 2 rings (SSSR count). The first-order chi connectivity index (χ1) is 8.78. The summed E-state index contributed by atoms with van der Waals surface area (Å²) in [5.41, 5.74) is 0.114. The van der Waals surface area contributed by atoms with E-state index in [2.05, 4.69) is 25.2 Å². The number of rotatable bonds is 5. The lowest BCUT2D eigenvalue weighted by atomic mass is 9.86. The molecule has 104 valence electrons. The van der Waals surface area contributed by atoms with Gasteiger partial charge in [-0.1, -0.05) is 13.8 Å². The molecule has 0 radical (unpaired) electrons. The summed E-state index contributed by atoms with van der Waals surface area (Å²) < 4.78 is 11.6. The second-order valence-corrected chi connectivity index (χ2v) is 5.54. The zero-order chi connectivity index (χ0) is 12.8. The highest BCUT2D eigenvalue weighted by atomic mass is 16.5. The van der Waals surface area contributed by atoms with E-state index >= 15 is 0 Å². The quantitative estimate of drug-likeness (QED) is 0.817. The molecule has 0 aromatic heterocycles. The SMILES string of the molecule is CCC1(CC)CC(NCC2CCC=CO2)CCO1. The van der Waals surface area contributed by atoms with Crippen molar-refractivity contribution in [2.24, 2.45) is 0 Å². The van der Waals surface area contributed by atoms with E-state index in [0.717, 1.165) is 51.7 Å². The summed E-state index contributed by atoms with van der Waals surface area (Å²) in [6.07, 6.45) is 11.1. The van der Waals surface area contributed by atoms with Gasteiger partial charge >= 0.3 is 0 Å². The van der Waals surface area contributed by atoms with Crippen molar-refractivity contribution in [2.45, 2.75) is 70.1 Å². The average molecular weight is 253 g/mol. The lowest BCUT2D eigenvalue weighted by Gasteiger charge is -2.40. The van der Waals surface area contributed by atoms with Crippen LogP contribution in [-0.4, -0.2) is 30.9 Å². The summed E-state index contributed by atoms with van der Waals surface area (Å²) in [6, 6.07) is 0.591. The Morgan fingerprint density at radius 3 is 2.78 bits per heavy atom. The van der Waals surface area contributed by atoms with Gasteiger partial charge in [0.2, 0.25) is 0 Å². The van der Waals surface area contributed by atoms with Gasteiger partial charge in [-0.2, -0.15) is 0 Å². The van der Waals surface area contributed by atoms with Gasteiger partial charge in [-0.15, -0.1) is 0 Å². The second-order valence-electron chi connectivity index (χ2n) is 5.54. The molecule has 0 spiro atoms. The standard InChI is InChI=1S/C15H27NO2/c1-3-15(4-2)11-13(8-10-18-15)16-12-14-7-5-6-9-17-14/h6,9,13-14,16H,3-5,7-8,10-12H2,1-2H3. The van der Waals surface area contributed by atoms with Gasteiger partial charge in [-0.05, 0) is 44.6 Å². The molecule has 0 saturated carbocycles. The fraction of sp³-hybridized carbons (Fsp3) is 0.867. The molecule has 2 aliphatic rings. The van der Waals surface area contributed by atoms with Crippen LogP contribution in [0.3, 0.4) is 0 Å². The molecule has 2 heterocycles. The van der Waals surface area contributed by atoms with E-state index in [9.17, 15) is 0 Å². The van der Waals surface area contributed by atoms with Crippen molar-refractivity contribution in [3.8, 4) is 0 Å². The topological polar surface area (TPSA) is 30.5 Å². The largest absolute Gasteiger partial charge is 0.497 e. The monoisotopic (exact) mass is 253 g/mol. The minimum atomic E-state index is 0.114. The van der Waals surface area contributed by atoms with E-state index in [1.54, 1.807) is 0 Å². The van der Waals surface area contributed by atoms with Gasteiger partial charge in [-0.25, -0.2) is 0 Å². The van der Waals surface area contributed by atoms with Crippen molar-refractivity contribution in [3.05, 3.63) is 12.3 Å². The summed E-state index contributed by atoms with van der Waals surface area (Å²) in [5, 5.41) is 3.68. The molecule has 1 N–H and O–H groups in total. The summed E-state index contributed by atoms with van der Waals surface area (Å²) in [6.45, 7) is 6.34. The smallest absolute Gasteiger partial charge is 0.110 e. The molecule has 2 aliphatic heterocycles. The van der Waals surface area contributed by atoms with Crippen molar-refractivity contribution in [1.29, 1.82) is 0 Å². The summed E-state index contributed by atoms with van der Waals surface area (Å²) in [4.78, 5) is 0. The average Bonchev–Trinajstić information content (AvgIpc) is 2.46. The maximum atomic E-state index is 6.00. The first-order valence-corrected chi connectivity index (χ1v) is 7.46. The van der Waals surface area contributed by atoms with Gasteiger partial charge in [0, 0.05) is 19.2 Å². The lowest BCUT2D eigenvalue weighted by Crippen LogP contribution is -2.48. The third kappa shape index (κ3) is 3.48. The number of nitrogens with one attached hydrogen (secondary N) is 1. The van der Waals surface area contributed by atoms with Crippen molar-refractivity contribution in [2.75, 3.05) is 13.2 Å². The third-order valence-electron chi connectivity index (χ3n) is 4.44.